The summed E-state index contributed by atoms with van der Waals surface area (Å²) in [7, 11) is 3.15. The van der Waals surface area contributed by atoms with Crippen LogP contribution in [0.4, 0.5) is 0 Å². The number of likely N-dealkylation sites (tertiary alicyclic amines) is 1. The highest BCUT2D eigenvalue weighted by Gasteiger charge is 2.53. The van der Waals surface area contributed by atoms with Gasteiger partial charge >= 0.3 is 5.97 Å². The molecule has 8 nitrogen and oxygen atoms in total. The number of ether oxygens (including phenoxy) is 4. The van der Waals surface area contributed by atoms with Crippen LogP contribution in [0.3, 0.4) is 0 Å². The molecule has 3 atom stereocenters. The molecule has 1 amide bonds. The molecule has 1 N–H and O–H groups in total. The maximum atomic E-state index is 13.9. The van der Waals surface area contributed by atoms with Gasteiger partial charge in [-0.15, -0.1) is 0 Å². The zero-order valence-corrected chi connectivity index (χ0v) is 19.3. The molecule has 3 aromatic carbocycles. The number of carboxylic acid groups (broad SMARTS) is 1. The van der Waals surface area contributed by atoms with Crippen molar-refractivity contribution in [3.63, 3.8) is 0 Å². The second-order valence-electron chi connectivity index (χ2n) is 8.49. The predicted octanol–water partition coefficient (Wildman–Crippen LogP) is 4.00. The molecule has 0 saturated carbocycles. The zero-order chi connectivity index (χ0) is 24.5. The largest absolute Gasteiger partial charge is 0.497 e. The topological polar surface area (TPSA) is 94.5 Å². The van der Waals surface area contributed by atoms with Crippen LogP contribution < -0.4 is 18.9 Å². The maximum absolute atomic E-state index is 13.9. The van der Waals surface area contributed by atoms with Gasteiger partial charge in [0.05, 0.1) is 32.1 Å². The fraction of sp³-hybridized carbons (Fsp3) is 0.259. The van der Waals surface area contributed by atoms with E-state index in [0.717, 1.165) is 11.1 Å². The number of carbonyl (C=O) groups excluding carboxylic acids is 1. The van der Waals surface area contributed by atoms with Gasteiger partial charge in [0.2, 0.25) is 12.7 Å². The van der Waals surface area contributed by atoms with E-state index in [2.05, 4.69) is 0 Å². The summed E-state index contributed by atoms with van der Waals surface area (Å²) in [6.07, 6.45) is 0. The van der Waals surface area contributed by atoms with Crippen molar-refractivity contribution in [3.05, 3.63) is 83.4 Å². The lowest BCUT2D eigenvalue weighted by Crippen LogP contribution is -2.30. The van der Waals surface area contributed by atoms with Crippen molar-refractivity contribution >= 4 is 11.9 Å². The summed E-state index contributed by atoms with van der Waals surface area (Å²) in [6, 6.07) is 19.1. The molecule has 0 aliphatic carbocycles. The minimum absolute atomic E-state index is 0.0934. The molecule has 1 fully saturated rings. The Morgan fingerprint density at radius 3 is 2.37 bits per heavy atom. The van der Waals surface area contributed by atoms with Crippen molar-refractivity contribution < 1.29 is 33.6 Å². The highest BCUT2D eigenvalue weighted by Crippen LogP contribution is 2.49. The quantitative estimate of drug-likeness (QED) is 0.552. The number of carboxylic acids is 1. The van der Waals surface area contributed by atoms with Crippen LogP contribution in [0.5, 0.6) is 23.0 Å². The minimum Gasteiger partial charge on any atom is -0.497 e. The number of rotatable bonds is 7. The Hall–Kier alpha value is -4.20. The van der Waals surface area contributed by atoms with E-state index in [1.807, 2.05) is 36.4 Å². The average Bonchev–Trinajstić information content (AvgIpc) is 3.46. The van der Waals surface area contributed by atoms with E-state index in [-0.39, 0.29) is 19.2 Å². The lowest BCUT2D eigenvalue weighted by molar-refractivity contribution is -0.143. The molecular weight excluding hydrogens is 450 g/mol. The molecular formula is C27H25NO7. The summed E-state index contributed by atoms with van der Waals surface area (Å²) >= 11 is 0. The van der Waals surface area contributed by atoms with Crippen LogP contribution in [-0.2, 0) is 16.1 Å². The van der Waals surface area contributed by atoms with E-state index in [1.54, 1.807) is 49.5 Å². The van der Waals surface area contributed by atoms with Gasteiger partial charge < -0.3 is 29.0 Å². The van der Waals surface area contributed by atoms with Crippen LogP contribution in [0.2, 0.25) is 0 Å². The van der Waals surface area contributed by atoms with Crippen molar-refractivity contribution in [2.45, 2.75) is 18.5 Å². The predicted molar refractivity (Wildman–Crippen MR) is 126 cm³/mol. The average molecular weight is 475 g/mol. The summed E-state index contributed by atoms with van der Waals surface area (Å²) in [5.74, 6) is -0.817. The Morgan fingerprint density at radius 2 is 1.66 bits per heavy atom. The van der Waals surface area contributed by atoms with Crippen LogP contribution >= 0.6 is 0 Å². The SMILES string of the molecule is COc1ccc(C2C(C(=O)O)C(c3ccc4c(c3)OCO4)C(=O)N2Cc2cccc(OC)c2)cc1. The minimum atomic E-state index is -1.05. The van der Waals surface area contributed by atoms with E-state index in [1.165, 1.54) is 0 Å². The fourth-order valence-corrected chi connectivity index (χ4v) is 4.91. The van der Waals surface area contributed by atoms with E-state index in [4.69, 9.17) is 18.9 Å². The fourth-order valence-electron chi connectivity index (χ4n) is 4.91. The van der Waals surface area contributed by atoms with Gasteiger partial charge in [0, 0.05) is 6.54 Å². The maximum Gasteiger partial charge on any atom is 0.310 e. The Bertz CT molecular complexity index is 1260. The van der Waals surface area contributed by atoms with Crippen molar-refractivity contribution in [2.24, 2.45) is 5.92 Å². The Kier molecular flexibility index (Phi) is 5.94. The van der Waals surface area contributed by atoms with Gasteiger partial charge in [-0.1, -0.05) is 30.3 Å². The third-order valence-electron chi connectivity index (χ3n) is 6.57. The number of methoxy groups -OCH3 is 2. The van der Waals surface area contributed by atoms with Crippen LogP contribution in [0, 0.1) is 5.92 Å². The molecule has 0 spiro atoms. The normalized spacial score (nSPS) is 20.7. The summed E-state index contributed by atoms with van der Waals surface area (Å²) in [5.41, 5.74) is 2.14. The molecule has 1 saturated heterocycles. The highest BCUT2D eigenvalue weighted by molar-refractivity contribution is 5.94. The van der Waals surface area contributed by atoms with Crippen LogP contribution in [0.1, 0.15) is 28.7 Å². The third-order valence-corrected chi connectivity index (χ3v) is 6.57. The summed E-state index contributed by atoms with van der Waals surface area (Å²) < 4.78 is 21.5. The van der Waals surface area contributed by atoms with Gasteiger partial charge in [0.15, 0.2) is 11.5 Å². The van der Waals surface area contributed by atoms with E-state index < -0.39 is 23.8 Å². The van der Waals surface area contributed by atoms with Gasteiger partial charge in [0.1, 0.15) is 11.5 Å². The monoisotopic (exact) mass is 475 g/mol. The first-order valence-electron chi connectivity index (χ1n) is 11.2. The Balaban J connectivity index is 1.60. The van der Waals surface area contributed by atoms with Gasteiger partial charge in [0.25, 0.3) is 0 Å². The van der Waals surface area contributed by atoms with Gasteiger partial charge in [-0.2, -0.15) is 0 Å². The number of benzene rings is 3. The molecule has 3 aromatic rings. The lowest BCUT2D eigenvalue weighted by atomic mass is 9.82. The third kappa shape index (κ3) is 4.12. The number of carbonyl (C=O) groups is 2. The molecule has 0 bridgehead atoms. The van der Waals surface area contributed by atoms with Crippen LogP contribution in [-0.4, -0.2) is 42.9 Å². The van der Waals surface area contributed by atoms with Crippen LogP contribution in [0.25, 0.3) is 0 Å². The van der Waals surface area contributed by atoms with Crippen molar-refractivity contribution in [1.29, 1.82) is 0 Å². The molecule has 2 heterocycles. The number of hydrogen-bond acceptors (Lipinski definition) is 6. The van der Waals surface area contributed by atoms with Crippen molar-refractivity contribution in [3.8, 4) is 23.0 Å². The molecule has 5 rings (SSSR count). The molecule has 0 aromatic heterocycles. The molecule has 0 radical (unpaired) electrons. The van der Waals surface area contributed by atoms with Gasteiger partial charge in [-0.05, 0) is 53.1 Å². The number of hydrogen-bond donors (Lipinski definition) is 1. The number of nitrogens with zero attached hydrogens (tertiary/aromatic N) is 1. The molecule has 2 aliphatic heterocycles. The highest BCUT2D eigenvalue weighted by atomic mass is 16.7. The second kappa shape index (κ2) is 9.21. The van der Waals surface area contributed by atoms with Crippen molar-refractivity contribution in [1.82, 2.24) is 4.90 Å². The Morgan fingerprint density at radius 1 is 0.943 bits per heavy atom. The van der Waals surface area contributed by atoms with Gasteiger partial charge in [-0.25, -0.2) is 0 Å². The molecule has 180 valence electrons. The second-order valence-corrected chi connectivity index (χ2v) is 8.49. The van der Waals surface area contributed by atoms with E-state index in [0.29, 0.717) is 28.6 Å². The zero-order valence-electron chi connectivity index (χ0n) is 19.3. The first-order valence-corrected chi connectivity index (χ1v) is 11.2. The first-order chi connectivity index (χ1) is 17.0. The van der Waals surface area contributed by atoms with E-state index in [9.17, 15) is 14.7 Å². The lowest BCUT2D eigenvalue weighted by Gasteiger charge is -2.27. The smallest absolute Gasteiger partial charge is 0.310 e. The number of aliphatic carboxylic acids is 1. The Labute approximate surface area is 202 Å². The molecule has 35 heavy (non-hydrogen) atoms. The summed E-state index contributed by atoms with van der Waals surface area (Å²) in [4.78, 5) is 28.3. The van der Waals surface area contributed by atoms with Crippen molar-refractivity contribution in [2.75, 3.05) is 21.0 Å². The molecule has 2 aliphatic rings. The van der Waals surface area contributed by atoms with E-state index >= 15 is 0 Å². The summed E-state index contributed by atoms with van der Waals surface area (Å²) in [5, 5.41) is 10.4. The molecule has 3 unspecified atom stereocenters. The van der Waals surface area contributed by atoms with Gasteiger partial charge in [-0.3, -0.25) is 9.59 Å². The molecule has 8 heteroatoms. The standard InChI is InChI=1S/C27H25NO7/c1-32-19-9-6-17(7-10-19)25-24(27(30)31)23(18-8-11-21-22(13-18)35-15-34-21)26(29)28(25)14-16-4-3-5-20(12-16)33-2/h3-13,23-25H,14-15H2,1-2H3,(H,30,31). The number of fused-ring (bicyclic) bond motifs is 1. The van der Waals surface area contributed by atoms with Crippen LogP contribution in [0.15, 0.2) is 66.7 Å². The number of amides is 1. The first kappa shape index (κ1) is 22.6. The summed E-state index contributed by atoms with van der Waals surface area (Å²) in [6.45, 7) is 0.327.